The number of amides is 1. The lowest BCUT2D eigenvalue weighted by Gasteiger charge is -2.22. The second kappa shape index (κ2) is 6.27. The van der Waals surface area contributed by atoms with Crippen molar-refractivity contribution in [2.75, 3.05) is 11.5 Å². The average molecular weight is 330 g/mol. The van der Waals surface area contributed by atoms with Gasteiger partial charge in [0.05, 0.1) is 23.8 Å². The van der Waals surface area contributed by atoms with E-state index in [0.717, 1.165) is 12.1 Å². The summed E-state index contributed by atoms with van der Waals surface area (Å²) >= 11 is 0. The Labute approximate surface area is 137 Å². The van der Waals surface area contributed by atoms with Crippen LogP contribution < -0.4 is 4.90 Å². The minimum atomic E-state index is -0.608. The largest absolute Gasteiger partial charge is 0.449 e. The van der Waals surface area contributed by atoms with Gasteiger partial charge in [-0.15, -0.1) is 0 Å². The Bertz CT molecular complexity index is 822. The van der Waals surface area contributed by atoms with Gasteiger partial charge in [0.2, 0.25) is 0 Å². The Morgan fingerprint density at radius 2 is 2.04 bits per heavy atom. The maximum atomic E-state index is 14.3. The summed E-state index contributed by atoms with van der Waals surface area (Å²) in [5, 5.41) is 11.3. The van der Waals surface area contributed by atoms with Crippen molar-refractivity contribution in [1.82, 2.24) is 0 Å². The number of nitro groups is 1. The molecule has 0 unspecified atom stereocenters. The van der Waals surface area contributed by atoms with Crippen LogP contribution in [0.1, 0.15) is 23.6 Å². The summed E-state index contributed by atoms with van der Waals surface area (Å²) in [5.41, 5.74) is 1.57. The molecule has 0 atom stereocenters. The van der Waals surface area contributed by atoms with E-state index in [-0.39, 0.29) is 30.8 Å². The monoisotopic (exact) mass is 330 g/mol. The molecule has 0 aromatic heterocycles. The Balaban J connectivity index is 2.20. The summed E-state index contributed by atoms with van der Waals surface area (Å²) in [5.74, 6) is -0.572. The molecule has 0 radical (unpaired) electrons. The molecule has 24 heavy (non-hydrogen) atoms. The number of fused-ring (bicyclic) bond motifs is 2. The fourth-order valence-corrected chi connectivity index (χ4v) is 2.91. The van der Waals surface area contributed by atoms with Gasteiger partial charge in [-0.3, -0.25) is 15.0 Å². The molecule has 3 rings (SSSR count). The second-order valence-corrected chi connectivity index (χ2v) is 5.37. The summed E-state index contributed by atoms with van der Waals surface area (Å²) in [7, 11) is 0. The van der Waals surface area contributed by atoms with Crippen molar-refractivity contribution in [2.24, 2.45) is 0 Å². The van der Waals surface area contributed by atoms with Crippen LogP contribution >= 0.6 is 0 Å². The topological polar surface area (TPSA) is 72.7 Å². The quantitative estimate of drug-likeness (QED) is 0.620. The van der Waals surface area contributed by atoms with E-state index >= 15 is 0 Å². The van der Waals surface area contributed by atoms with Gasteiger partial charge in [0.15, 0.2) is 0 Å². The number of carbonyl (C=O) groups is 1. The summed E-state index contributed by atoms with van der Waals surface area (Å²) in [6, 6.07) is 9.25. The summed E-state index contributed by atoms with van der Waals surface area (Å²) in [6.07, 6.45) is -0.432. The SMILES string of the molecule is CCOC(=O)N1Cc2c(F)ccc([N+](=O)[O-])c2Cc2ccccc21. The lowest BCUT2D eigenvalue weighted by molar-refractivity contribution is -0.385. The van der Waals surface area contributed by atoms with Crippen molar-refractivity contribution < 1.29 is 18.8 Å². The van der Waals surface area contributed by atoms with E-state index in [0.29, 0.717) is 16.8 Å². The van der Waals surface area contributed by atoms with E-state index < -0.39 is 16.8 Å². The molecule has 2 aromatic carbocycles. The van der Waals surface area contributed by atoms with Gasteiger partial charge in [0.25, 0.3) is 5.69 Å². The highest BCUT2D eigenvalue weighted by Crippen LogP contribution is 2.36. The number of halogens is 1. The third-order valence-corrected chi connectivity index (χ3v) is 4.00. The minimum absolute atomic E-state index is 0.112. The Morgan fingerprint density at radius 3 is 2.75 bits per heavy atom. The van der Waals surface area contributed by atoms with Crippen LogP contribution in [-0.2, 0) is 17.7 Å². The fraction of sp³-hybridized carbons (Fsp3) is 0.235. The third-order valence-electron chi connectivity index (χ3n) is 4.00. The van der Waals surface area contributed by atoms with E-state index in [9.17, 15) is 19.3 Å². The van der Waals surface area contributed by atoms with Crippen LogP contribution in [0, 0.1) is 15.9 Å². The molecule has 2 aromatic rings. The Kier molecular flexibility index (Phi) is 4.16. The molecule has 0 fully saturated rings. The molecule has 6 nitrogen and oxygen atoms in total. The Hall–Kier alpha value is -2.96. The van der Waals surface area contributed by atoms with Crippen molar-refractivity contribution in [3.05, 3.63) is 69.0 Å². The zero-order valence-corrected chi connectivity index (χ0v) is 13.0. The number of nitrogens with zero attached hydrogens (tertiary/aromatic N) is 2. The van der Waals surface area contributed by atoms with Gasteiger partial charge in [0.1, 0.15) is 5.82 Å². The minimum Gasteiger partial charge on any atom is -0.449 e. The molecule has 0 bridgehead atoms. The number of benzene rings is 2. The van der Waals surface area contributed by atoms with Crippen molar-refractivity contribution in [1.29, 1.82) is 0 Å². The number of rotatable bonds is 2. The summed E-state index contributed by atoms with van der Waals surface area (Å²) in [6.45, 7) is 1.75. The van der Waals surface area contributed by atoms with Crippen LogP contribution in [0.25, 0.3) is 0 Å². The van der Waals surface area contributed by atoms with Gasteiger partial charge < -0.3 is 4.74 Å². The molecule has 0 spiro atoms. The van der Waals surface area contributed by atoms with E-state index in [1.165, 1.54) is 4.90 Å². The standard InChI is InChI=1S/C17H15FN2O4/c1-2-24-17(21)19-10-13-12(9-11-5-3-4-6-15(11)19)16(20(22)23)8-7-14(13)18/h3-8H,2,9-10H2,1H3. The van der Waals surface area contributed by atoms with Gasteiger partial charge in [-0.25, -0.2) is 9.18 Å². The van der Waals surface area contributed by atoms with Gasteiger partial charge in [-0.05, 0) is 24.6 Å². The molecular formula is C17H15FN2O4. The highest BCUT2D eigenvalue weighted by atomic mass is 19.1. The smallest absolute Gasteiger partial charge is 0.414 e. The summed E-state index contributed by atoms with van der Waals surface area (Å²) < 4.78 is 19.4. The maximum absolute atomic E-state index is 14.3. The van der Waals surface area contributed by atoms with Gasteiger partial charge in [-0.2, -0.15) is 0 Å². The third kappa shape index (κ3) is 2.68. The zero-order valence-electron chi connectivity index (χ0n) is 13.0. The van der Waals surface area contributed by atoms with Crippen LogP contribution in [0.4, 0.5) is 20.6 Å². The van der Waals surface area contributed by atoms with E-state index in [1.54, 1.807) is 31.2 Å². The average Bonchev–Trinajstić information content (AvgIpc) is 2.72. The van der Waals surface area contributed by atoms with Crippen LogP contribution in [0.2, 0.25) is 0 Å². The second-order valence-electron chi connectivity index (χ2n) is 5.37. The first kappa shape index (κ1) is 15.9. The predicted octanol–water partition coefficient (Wildman–Crippen LogP) is 3.80. The molecule has 124 valence electrons. The first-order valence-corrected chi connectivity index (χ1v) is 7.49. The van der Waals surface area contributed by atoms with Gasteiger partial charge in [-0.1, -0.05) is 18.2 Å². The highest BCUT2D eigenvalue weighted by Gasteiger charge is 2.30. The molecule has 0 saturated carbocycles. The highest BCUT2D eigenvalue weighted by molar-refractivity contribution is 5.89. The lowest BCUT2D eigenvalue weighted by Crippen LogP contribution is -2.31. The Morgan fingerprint density at radius 1 is 1.29 bits per heavy atom. The normalized spacial score (nSPS) is 12.8. The van der Waals surface area contributed by atoms with Crippen molar-refractivity contribution >= 4 is 17.5 Å². The predicted molar refractivity (Wildman–Crippen MR) is 85.5 cm³/mol. The van der Waals surface area contributed by atoms with Crippen LogP contribution in [0.3, 0.4) is 0 Å². The molecule has 0 saturated heterocycles. The first-order chi connectivity index (χ1) is 11.5. The molecule has 1 amide bonds. The zero-order chi connectivity index (χ0) is 17.3. The maximum Gasteiger partial charge on any atom is 0.414 e. The lowest BCUT2D eigenvalue weighted by atomic mass is 9.98. The number of nitro benzene ring substituents is 1. The van der Waals surface area contributed by atoms with Crippen molar-refractivity contribution in [3.8, 4) is 0 Å². The molecule has 1 heterocycles. The van der Waals surface area contributed by atoms with Crippen LogP contribution in [0.15, 0.2) is 36.4 Å². The molecule has 0 aliphatic carbocycles. The van der Waals surface area contributed by atoms with Gasteiger partial charge >= 0.3 is 6.09 Å². The number of hydrogen-bond acceptors (Lipinski definition) is 4. The fourth-order valence-electron chi connectivity index (χ4n) is 2.91. The first-order valence-electron chi connectivity index (χ1n) is 7.49. The molecule has 0 N–H and O–H groups in total. The molecule has 1 aliphatic rings. The van der Waals surface area contributed by atoms with Crippen molar-refractivity contribution in [2.45, 2.75) is 19.9 Å². The van der Waals surface area contributed by atoms with E-state index in [1.807, 2.05) is 0 Å². The van der Waals surface area contributed by atoms with Crippen molar-refractivity contribution in [3.63, 3.8) is 0 Å². The number of anilines is 1. The summed E-state index contributed by atoms with van der Waals surface area (Å²) in [4.78, 5) is 24.4. The number of hydrogen-bond donors (Lipinski definition) is 0. The number of para-hydroxylation sites is 1. The molecule has 1 aliphatic heterocycles. The molecule has 7 heteroatoms. The number of ether oxygens (including phenoxy) is 1. The number of carbonyl (C=O) groups excluding carboxylic acids is 1. The van der Waals surface area contributed by atoms with Gasteiger partial charge in [0, 0.05) is 23.6 Å². The van der Waals surface area contributed by atoms with Crippen LogP contribution in [0.5, 0.6) is 0 Å². The van der Waals surface area contributed by atoms with Crippen LogP contribution in [-0.4, -0.2) is 17.6 Å². The van der Waals surface area contributed by atoms with E-state index in [4.69, 9.17) is 4.74 Å². The molecular weight excluding hydrogens is 315 g/mol. The van der Waals surface area contributed by atoms with E-state index in [2.05, 4.69) is 0 Å².